The highest BCUT2D eigenvalue weighted by molar-refractivity contribution is 5.84. The van der Waals surface area contributed by atoms with Crippen LogP contribution in [-0.2, 0) is 11.3 Å². The standard InChI is InChI=1S/C22H23F3N2O2.C2H6/c23-17-5-1-15(2-6-17)13-26-12-10-20(21(26)29)27-11-9-19(22(24,25)14-27)16-3-7-18(28)8-4-16;1-2/h1-8,19-20,28H,9-14H2;1-2H3/t19-,20?;/m1./s1. The minimum atomic E-state index is -2.96. The number of amides is 1. The Morgan fingerprint density at radius 1 is 1.00 bits per heavy atom. The number of rotatable bonds is 4. The van der Waals surface area contributed by atoms with Crippen LogP contribution in [0.2, 0.25) is 0 Å². The Labute approximate surface area is 181 Å². The van der Waals surface area contributed by atoms with Crippen molar-refractivity contribution in [1.29, 1.82) is 0 Å². The summed E-state index contributed by atoms with van der Waals surface area (Å²) in [6, 6.07) is 11.3. The van der Waals surface area contributed by atoms with Gasteiger partial charge in [-0.2, -0.15) is 0 Å². The normalized spacial score (nSPS) is 23.4. The maximum absolute atomic E-state index is 14.9. The maximum Gasteiger partial charge on any atom is 0.267 e. The van der Waals surface area contributed by atoms with Crippen LogP contribution in [0.25, 0.3) is 0 Å². The molecule has 2 aliphatic heterocycles. The number of phenolic OH excluding ortho intramolecular Hbond substituents is 1. The van der Waals surface area contributed by atoms with E-state index in [1.165, 1.54) is 36.4 Å². The van der Waals surface area contributed by atoms with Crippen LogP contribution in [0.4, 0.5) is 13.2 Å². The topological polar surface area (TPSA) is 43.8 Å². The molecule has 31 heavy (non-hydrogen) atoms. The molecule has 2 heterocycles. The first kappa shape index (κ1) is 23.1. The summed E-state index contributed by atoms with van der Waals surface area (Å²) in [6.45, 7) is 4.82. The number of nitrogens with zero attached hydrogens (tertiary/aromatic N) is 2. The van der Waals surface area contributed by atoms with Crippen LogP contribution in [0.3, 0.4) is 0 Å². The van der Waals surface area contributed by atoms with Crippen LogP contribution in [-0.4, -0.2) is 52.4 Å². The van der Waals surface area contributed by atoms with E-state index in [9.17, 15) is 23.1 Å². The molecule has 0 saturated carbocycles. The fourth-order valence-corrected chi connectivity index (χ4v) is 4.38. The lowest BCUT2D eigenvalue weighted by atomic mass is 9.85. The van der Waals surface area contributed by atoms with E-state index in [0.717, 1.165) is 5.56 Å². The van der Waals surface area contributed by atoms with Gasteiger partial charge in [-0.15, -0.1) is 0 Å². The van der Waals surface area contributed by atoms with Gasteiger partial charge in [-0.05, 0) is 54.8 Å². The quantitative estimate of drug-likeness (QED) is 0.753. The minimum absolute atomic E-state index is 0.0484. The number of hydrogen-bond donors (Lipinski definition) is 1. The van der Waals surface area contributed by atoms with Crippen molar-refractivity contribution in [3.63, 3.8) is 0 Å². The third-order valence-electron chi connectivity index (χ3n) is 5.92. The van der Waals surface area contributed by atoms with E-state index < -0.39 is 24.4 Å². The first-order valence-corrected chi connectivity index (χ1v) is 10.8. The zero-order chi connectivity index (χ0) is 22.6. The largest absolute Gasteiger partial charge is 0.508 e. The molecular formula is C24H29F3N2O2. The van der Waals surface area contributed by atoms with Gasteiger partial charge in [-0.1, -0.05) is 38.1 Å². The molecule has 4 rings (SSSR count). The summed E-state index contributed by atoms with van der Waals surface area (Å²) in [7, 11) is 0. The van der Waals surface area contributed by atoms with Gasteiger partial charge in [0.15, 0.2) is 0 Å². The summed E-state index contributed by atoms with van der Waals surface area (Å²) in [5.74, 6) is -4.32. The second-order valence-corrected chi connectivity index (χ2v) is 7.86. The molecular weight excluding hydrogens is 405 g/mol. The number of hydrogen-bond acceptors (Lipinski definition) is 3. The average molecular weight is 435 g/mol. The number of alkyl halides is 2. The van der Waals surface area contributed by atoms with E-state index >= 15 is 0 Å². The first-order chi connectivity index (χ1) is 14.8. The Balaban J connectivity index is 0.00000132. The van der Waals surface area contributed by atoms with Crippen LogP contribution in [0.5, 0.6) is 5.75 Å². The maximum atomic E-state index is 14.9. The van der Waals surface area contributed by atoms with Crippen molar-refractivity contribution in [2.75, 3.05) is 19.6 Å². The lowest BCUT2D eigenvalue weighted by molar-refractivity contribution is -0.137. The van der Waals surface area contributed by atoms with Gasteiger partial charge in [0.05, 0.1) is 18.5 Å². The highest BCUT2D eigenvalue weighted by atomic mass is 19.3. The van der Waals surface area contributed by atoms with Crippen molar-refractivity contribution in [3.05, 3.63) is 65.5 Å². The number of aromatic hydroxyl groups is 1. The Morgan fingerprint density at radius 3 is 2.26 bits per heavy atom. The number of halogens is 3. The zero-order valence-electron chi connectivity index (χ0n) is 17.9. The van der Waals surface area contributed by atoms with Gasteiger partial charge in [0.2, 0.25) is 5.91 Å². The first-order valence-electron chi connectivity index (χ1n) is 10.8. The second kappa shape index (κ2) is 9.73. The molecule has 0 aliphatic carbocycles. The van der Waals surface area contributed by atoms with Crippen LogP contribution >= 0.6 is 0 Å². The molecule has 2 aliphatic rings. The number of benzene rings is 2. The number of carbonyl (C=O) groups excluding carboxylic acids is 1. The molecule has 1 unspecified atom stereocenters. The molecule has 2 fully saturated rings. The van der Waals surface area contributed by atoms with Gasteiger partial charge in [-0.25, -0.2) is 13.2 Å². The highest BCUT2D eigenvalue weighted by Crippen LogP contribution is 2.42. The molecule has 0 spiro atoms. The average Bonchev–Trinajstić information content (AvgIpc) is 3.11. The summed E-state index contributed by atoms with van der Waals surface area (Å²) in [5.41, 5.74) is 1.32. The van der Waals surface area contributed by atoms with E-state index in [1.54, 1.807) is 21.9 Å². The number of phenols is 1. The van der Waals surface area contributed by atoms with E-state index in [2.05, 4.69) is 0 Å². The third-order valence-corrected chi connectivity index (χ3v) is 5.92. The van der Waals surface area contributed by atoms with Gasteiger partial charge < -0.3 is 10.0 Å². The molecule has 2 atom stereocenters. The summed E-state index contributed by atoms with van der Waals surface area (Å²) in [4.78, 5) is 16.1. The van der Waals surface area contributed by atoms with Gasteiger partial charge in [0.25, 0.3) is 5.92 Å². The van der Waals surface area contributed by atoms with E-state index in [4.69, 9.17) is 0 Å². The Hall–Kier alpha value is -2.54. The molecule has 1 amide bonds. The lowest BCUT2D eigenvalue weighted by Gasteiger charge is -2.40. The summed E-state index contributed by atoms with van der Waals surface area (Å²) < 4.78 is 42.9. The number of carbonyl (C=O) groups is 1. The SMILES string of the molecule is CC.O=C1C(N2CC[C@H](c3ccc(O)cc3)C(F)(F)C2)CCN1Cc1ccc(F)cc1. The molecule has 4 nitrogen and oxygen atoms in total. The number of likely N-dealkylation sites (tertiary alicyclic amines) is 2. The van der Waals surface area contributed by atoms with Crippen molar-refractivity contribution in [3.8, 4) is 5.75 Å². The molecule has 0 bridgehead atoms. The lowest BCUT2D eigenvalue weighted by Crippen LogP contribution is -2.53. The van der Waals surface area contributed by atoms with Gasteiger partial charge in [0.1, 0.15) is 11.6 Å². The minimum Gasteiger partial charge on any atom is -0.508 e. The summed E-state index contributed by atoms with van der Waals surface area (Å²) in [6.07, 6.45) is 0.763. The molecule has 1 N–H and O–H groups in total. The van der Waals surface area contributed by atoms with Crippen LogP contribution in [0, 0.1) is 5.82 Å². The fourth-order valence-electron chi connectivity index (χ4n) is 4.38. The second-order valence-electron chi connectivity index (χ2n) is 7.86. The van der Waals surface area contributed by atoms with Crippen molar-refractivity contribution in [2.24, 2.45) is 0 Å². The molecule has 2 saturated heterocycles. The molecule has 168 valence electrons. The predicted molar refractivity (Wildman–Crippen MR) is 114 cm³/mol. The number of piperidine rings is 1. The van der Waals surface area contributed by atoms with Gasteiger partial charge in [0, 0.05) is 13.1 Å². The predicted octanol–water partition coefficient (Wildman–Crippen LogP) is 4.78. The monoisotopic (exact) mass is 434 g/mol. The molecule has 0 radical (unpaired) electrons. The van der Waals surface area contributed by atoms with Crippen LogP contribution < -0.4 is 0 Å². The summed E-state index contributed by atoms with van der Waals surface area (Å²) >= 11 is 0. The van der Waals surface area contributed by atoms with E-state index in [0.29, 0.717) is 31.6 Å². The van der Waals surface area contributed by atoms with E-state index in [-0.39, 0.29) is 23.9 Å². The van der Waals surface area contributed by atoms with Crippen molar-refractivity contribution in [2.45, 2.75) is 51.1 Å². The molecule has 0 aromatic heterocycles. The van der Waals surface area contributed by atoms with Crippen LogP contribution in [0.15, 0.2) is 48.5 Å². The summed E-state index contributed by atoms with van der Waals surface area (Å²) in [5, 5.41) is 9.39. The van der Waals surface area contributed by atoms with Gasteiger partial charge >= 0.3 is 0 Å². The van der Waals surface area contributed by atoms with E-state index in [1.807, 2.05) is 13.8 Å². The van der Waals surface area contributed by atoms with Crippen molar-refractivity contribution in [1.82, 2.24) is 9.80 Å². The molecule has 2 aromatic rings. The fraction of sp³-hybridized carbons (Fsp3) is 0.458. The highest BCUT2D eigenvalue weighted by Gasteiger charge is 2.49. The zero-order valence-corrected chi connectivity index (χ0v) is 17.9. The smallest absolute Gasteiger partial charge is 0.267 e. The van der Waals surface area contributed by atoms with Gasteiger partial charge in [-0.3, -0.25) is 9.69 Å². The Bertz CT molecular complexity index is 871. The van der Waals surface area contributed by atoms with Crippen LogP contribution in [0.1, 0.15) is 43.7 Å². The molecule has 2 aromatic carbocycles. The Kier molecular flexibility index (Phi) is 7.26. The Morgan fingerprint density at radius 2 is 1.65 bits per heavy atom. The third kappa shape index (κ3) is 5.21. The van der Waals surface area contributed by atoms with Crippen molar-refractivity contribution >= 4 is 5.91 Å². The van der Waals surface area contributed by atoms with Crippen molar-refractivity contribution < 1.29 is 23.1 Å². The molecule has 7 heteroatoms.